The first-order valence-electron chi connectivity index (χ1n) is 6.65. The highest BCUT2D eigenvalue weighted by Crippen LogP contribution is 2.28. The summed E-state index contributed by atoms with van der Waals surface area (Å²) >= 11 is 1.79. The molecule has 4 rings (SSSR count). The summed E-state index contributed by atoms with van der Waals surface area (Å²) in [7, 11) is 0. The lowest BCUT2D eigenvalue weighted by Gasteiger charge is -2.05. The zero-order chi connectivity index (χ0) is 14.1. The number of benzene rings is 1. The first-order chi connectivity index (χ1) is 10.4. The number of thioether (sulfide) groups is 1. The fraction of sp³-hybridized carbons (Fsp3) is 0.0625. The van der Waals surface area contributed by atoms with Gasteiger partial charge >= 0.3 is 0 Å². The van der Waals surface area contributed by atoms with E-state index >= 15 is 0 Å². The van der Waals surface area contributed by atoms with Crippen LogP contribution in [0.1, 0.15) is 5.56 Å². The predicted octanol–water partition coefficient (Wildman–Crippen LogP) is 3.57. The summed E-state index contributed by atoms with van der Waals surface area (Å²) in [6.07, 6.45) is 5.36. The van der Waals surface area contributed by atoms with Crippen LogP contribution in [-0.2, 0) is 5.75 Å². The molecule has 0 N–H and O–H groups in total. The molecule has 0 atom stereocenters. The minimum absolute atomic E-state index is 0.879. The number of hydrogen-bond acceptors (Lipinski definition) is 4. The molecule has 0 aliphatic rings. The number of aromatic nitrogens is 4. The molecule has 3 aromatic heterocycles. The third-order valence-electron chi connectivity index (χ3n) is 3.34. The van der Waals surface area contributed by atoms with Gasteiger partial charge in [-0.1, -0.05) is 18.2 Å². The maximum absolute atomic E-state index is 4.49. The molecule has 21 heavy (non-hydrogen) atoms. The molecule has 4 aromatic rings. The van der Waals surface area contributed by atoms with E-state index in [1.54, 1.807) is 22.6 Å². The van der Waals surface area contributed by atoms with E-state index in [1.807, 2.05) is 18.5 Å². The van der Waals surface area contributed by atoms with Gasteiger partial charge in [0.25, 0.3) is 0 Å². The highest BCUT2D eigenvalue weighted by Gasteiger charge is 2.04. The van der Waals surface area contributed by atoms with Gasteiger partial charge in [-0.2, -0.15) is 5.10 Å². The minimum atomic E-state index is 0.879. The van der Waals surface area contributed by atoms with Crippen molar-refractivity contribution in [3.05, 3.63) is 66.7 Å². The number of para-hydroxylation sites is 1. The summed E-state index contributed by atoms with van der Waals surface area (Å²) < 4.78 is 1.77. The van der Waals surface area contributed by atoms with Gasteiger partial charge in [0, 0.05) is 28.4 Å². The lowest BCUT2D eigenvalue weighted by molar-refractivity contribution is 0.957. The van der Waals surface area contributed by atoms with Gasteiger partial charge in [0.05, 0.1) is 5.52 Å². The largest absolute Gasteiger partial charge is 0.255 e. The number of fused-ring (bicyclic) bond motifs is 2. The molecular formula is C16H12N4S. The summed E-state index contributed by atoms with van der Waals surface area (Å²) in [5.74, 6) is 0.888. The van der Waals surface area contributed by atoms with Crippen LogP contribution in [0.5, 0.6) is 0 Å². The zero-order valence-electron chi connectivity index (χ0n) is 11.2. The number of nitrogens with zero attached hydrogens (tertiary/aromatic N) is 4. The molecule has 0 saturated carbocycles. The van der Waals surface area contributed by atoms with Gasteiger partial charge in [-0.05, 0) is 29.8 Å². The number of hydrogen-bond donors (Lipinski definition) is 0. The molecule has 0 spiro atoms. The van der Waals surface area contributed by atoms with Crippen molar-refractivity contribution in [2.75, 3.05) is 0 Å². The standard InChI is InChI=1S/C16H12N4S/c1-3-13-4-2-7-17-16(13)14(5-1)21-10-12-6-8-20-15(9-12)18-11-19-20/h1-9,11H,10H2. The van der Waals surface area contributed by atoms with E-state index in [0.717, 1.165) is 16.9 Å². The van der Waals surface area contributed by atoms with Gasteiger partial charge in [-0.3, -0.25) is 4.98 Å². The topological polar surface area (TPSA) is 43.1 Å². The normalized spacial score (nSPS) is 11.2. The second-order valence-electron chi connectivity index (χ2n) is 4.72. The third-order valence-corrected chi connectivity index (χ3v) is 4.45. The summed E-state index contributed by atoms with van der Waals surface area (Å²) in [6.45, 7) is 0. The average molecular weight is 292 g/mol. The Kier molecular flexibility index (Phi) is 3.05. The van der Waals surface area contributed by atoms with E-state index in [0.29, 0.717) is 0 Å². The molecule has 0 amide bonds. The van der Waals surface area contributed by atoms with Crippen LogP contribution in [0.25, 0.3) is 16.6 Å². The minimum Gasteiger partial charge on any atom is -0.255 e. The van der Waals surface area contributed by atoms with Crippen molar-refractivity contribution in [3.8, 4) is 0 Å². The van der Waals surface area contributed by atoms with Gasteiger partial charge in [0.2, 0.25) is 0 Å². The van der Waals surface area contributed by atoms with Crippen LogP contribution < -0.4 is 0 Å². The molecule has 0 aliphatic carbocycles. The Morgan fingerprint density at radius 2 is 2.00 bits per heavy atom. The van der Waals surface area contributed by atoms with Crippen LogP contribution in [0.4, 0.5) is 0 Å². The highest BCUT2D eigenvalue weighted by atomic mass is 32.2. The first kappa shape index (κ1) is 12.3. The van der Waals surface area contributed by atoms with Crippen LogP contribution >= 0.6 is 11.8 Å². The SMILES string of the molecule is c1cnc2c(SCc3ccn4ncnc4c3)cccc2c1. The monoisotopic (exact) mass is 292 g/mol. The molecule has 102 valence electrons. The van der Waals surface area contributed by atoms with Crippen molar-refractivity contribution >= 4 is 28.3 Å². The maximum Gasteiger partial charge on any atom is 0.155 e. The van der Waals surface area contributed by atoms with Gasteiger partial charge in [-0.25, -0.2) is 9.50 Å². The average Bonchev–Trinajstić information content (AvgIpc) is 3.00. The van der Waals surface area contributed by atoms with Crippen molar-refractivity contribution in [1.82, 2.24) is 19.6 Å². The Morgan fingerprint density at radius 3 is 3.00 bits per heavy atom. The molecule has 0 aliphatic heterocycles. The van der Waals surface area contributed by atoms with Crippen LogP contribution in [0.3, 0.4) is 0 Å². The Balaban J connectivity index is 1.63. The molecule has 0 radical (unpaired) electrons. The smallest absolute Gasteiger partial charge is 0.155 e. The molecule has 5 heteroatoms. The first-order valence-corrected chi connectivity index (χ1v) is 7.63. The molecule has 3 heterocycles. The Morgan fingerprint density at radius 1 is 1.05 bits per heavy atom. The Labute approximate surface area is 125 Å². The van der Waals surface area contributed by atoms with Crippen molar-refractivity contribution in [1.29, 1.82) is 0 Å². The van der Waals surface area contributed by atoms with E-state index in [1.165, 1.54) is 15.8 Å². The van der Waals surface area contributed by atoms with E-state index < -0.39 is 0 Å². The molecule has 0 fully saturated rings. The van der Waals surface area contributed by atoms with Crippen LogP contribution in [0, 0.1) is 0 Å². The highest BCUT2D eigenvalue weighted by molar-refractivity contribution is 7.98. The summed E-state index contributed by atoms with van der Waals surface area (Å²) in [5.41, 5.74) is 3.17. The van der Waals surface area contributed by atoms with E-state index in [-0.39, 0.29) is 0 Å². The fourth-order valence-electron chi connectivity index (χ4n) is 2.30. The molecular weight excluding hydrogens is 280 g/mol. The molecule has 0 unspecified atom stereocenters. The lowest BCUT2D eigenvalue weighted by atomic mass is 10.2. The fourth-order valence-corrected chi connectivity index (χ4v) is 3.28. The lowest BCUT2D eigenvalue weighted by Crippen LogP contribution is -1.89. The molecule has 0 bridgehead atoms. The Bertz CT molecular complexity index is 911. The van der Waals surface area contributed by atoms with Crippen LogP contribution in [0.2, 0.25) is 0 Å². The van der Waals surface area contributed by atoms with E-state index in [2.05, 4.69) is 51.5 Å². The molecule has 1 aromatic carbocycles. The van der Waals surface area contributed by atoms with Crippen molar-refractivity contribution < 1.29 is 0 Å². The summed E-state index contributed by atoms with van der Waals surface area (Å²) in [6, 6.07) is 14.5. The second kappa shape index (κ2) is 5.18. The van der Waals surface area contributed by atoms with Crippen molar-refractivity contribution in [2.45, 2.75) is 10.6 Å². The van der Waals surface area contributed by atoms with Crippen LogP contribution in [0.15, 0.2) is 66.1 Å². The van der Waals surface area contributed by atoms with Gasteiger partial charge in [0.1, 0.15) is 6.33 Å². The summed E-state index contributed by atoms with van der Waals surface area (Å²) in [5, 5.41) is 5.28. The summed E-state index contributed by atoms with van der Waals surface area (Å²) in [4.78, 5) is 9.91. The molecule has 4 nitrogen and oxygen atoms in total. The van der Waals surface area contributed by atoms with Crippen molar-refractivity contribution in [2.24, 2.45) is 0 Å². The maximum atomic E-state index is 4.49. The zero-order valence-corrected chi connectivity index (χ0v) is 12.0. The number of rotatable bonds is 3. The van der Waals surface area contributed by atoms with E-state index in [4.69, 9.17) is 0 Å². The van der Waals surface area contributed by atoms with Gasteiger partial charge in [-0.15, -0.1) is 11.8 Å². The van der Waals surface area contributed by atoms with Crippen molar-refractivity contribution in [3.63, 3.8) is 0 Å². The Hall–Kier alpha value is -2.40. The second-order valence-corrected chi connectivity index (χ2v) is 5.73. The van der Waals surface area contributed by atoms with Gasteiger partial charge < -0.3 is 0 Å². The van der Waals surface area contributed by atoms with E-state index in [9.17, 15) is 0 Å². The quantitative estimate of drug-likeness (QED) is 0.541. The molecule has 0 saturated heterocycles. The predicted molar refractivity (Wildman–Crippen MR) is 84.3 cm³/mol. The third kappa shape index (κ3) is 2.36. The number of pyridine rings is 2. The van der Waals surface area contributed by atoms with Gasteiger partial charge in [0.15, 0.2) is 5.65 Å². The van der Waals surface area contributed by atoms with Crippen LogP contribution in [-0.4, -0.2) is 19.6 Å².